The first-order valence-corrected chi connectivity index (χ1v) is 17.8. The van der Waals surface area contributed by atoms with Crippen LogP contribution < -0.4 is 0 Å². The fourth-order valence-electron chi connectivity index (χ4n) is 8.16. The summed E-state index contributed by atoms with van der Waals surface area (Å²) < 4.78 is 6.33. The van der Waals surface area contributed by atoms with Crippen LogP contribution in [0.4, 0.5) is 0 Å². The second-order valence-corrected chi connectivity index (χ2v) is 14.2. The average molecular weight is 667 g/mol. The van der Waals surface area contributed by atoms with Gasteiger partial charge in [-0.15, -0.1) is 0 Å². The molecule has 52 heavy (non-hydrogen) atoms. The zero-order chi connectivity index (χ0) is 34.8. The first-order chi connectivity index (χ1) is 25.5. The van der Waals surface area contributed by atoms with Gasteiger partial charge in [-0.3, -0.25) is 0 Å². The van der Waals surface area contributed by atoms with Gasteiger partial charge in [0.1, 0.15) is 11.2 Å². The Kier molecular flexibility index (Phi) is 6.84. The first kappa shape index (κ1) is 30.3. The SMILES string of the molecule is CC1(C)c2ccccc2-c2cccc(-c3cc(-c4cc(-c5ccccc5)cc(-c5ccc6c(c5)oc5ccccc56)c4)nc(-c4ccccc4)n3)c21. The zero-order valence-electron chi connectivity index (χ0n) is 29.0. The third-order valence-electron chi connectivity index (χ3n) is 10.7. The highest BCUT2D eigenvalue weighted by Gasteiger charge is 2.37. The van der Waals surface area contributed by atoms with Crippen molar-refractivity contribution >= 4 is 21.9 Å². The normalized spacial score (nSPS) is 13.0. The smallest absolute Gasteiger partial charge is 0.160 e. The van der Waals surface area contributed by atoms with Gasteiger partial charge in [0.15, 0.2) is 5.82 Å². The van der Waals surface area contributed by atoms with Crippen LogP contribution in [0.15, 0.2) is 174 Å². The van der Waals surface area contributed by atoms with Crippen molar-refractivity contribution in [3.8, 4) is 67.3 Å². The van der Waals surface area contributed by atoms with Crippen LogP contribution in [0, 0.1) is 0 Å². The lowest BCUT2D eigenvalue weighted by molar-refractivity contribution is 0.662. The van der Waals surface area contributed by atoms with E-state index in [0.717, 1.165) is 72.3 Å². The summed E-state index contributed by atoms with van der Waals surface area (Å²) in [6.45, 7) is 4.66. The number of para-hydroxylation sites is 1. The average Bonchev–Trinajstić information content (AvgIpc) is 3.70. The Bertz CT molecular complexity index is 2810. The Morgan fingerprint density at radius 1 is 0.404 bits per heavy atom. The molecule has 0 atom stereocenters. The van der Waals surface area contributed by atoms with Crippen molar-refractivity contribution in [1.29, 1.82) is 0 Å². The second kappa shape index (κ2) is 11.8. The Labute approximate surface area is 302 Å². The number of benzene rings is 7. The maximum atomic E-state index is 6.33. The summed E-state index contributed by atoms with van der Waals surface area (Å²) in [5.41, 5.74) is 16.2. The molecule has 0 aliphatic heterocycles. The standard InChI is InChI=1S/C49H34N2O/c1-49(2)42-22-11-9-18-37(42)40-20-13-21-41(47(40)49)44-30-43(50-48(51-44)32-16-7-4-8-17-32)36-27-34(31-14-5-3-6-15-31)26-35(28-36)33-24-25-39-38-19-10-12-23-45(38)52-46(39)29-33/h3-30H,1-2H3. The second-order valence-electron chi connectivity index (χ2n) is 14.2. The summed E-state index contributed by atoms with van der Waals surface area (Å²) in [6.07, 6.45) is 0. The molecule has 0 unspecified atom stereocenters. The van der Waals surface area contributed by atoms with Gasteiger partial charge in [0.05, 0.1) is 11.4 Å². The Hall–Kier alpha value is -6.58. The van der Waals surface area contributed by atoms with Crippen molar-refractivity contribution in [3.05, 3.63) is 181 Å². The molecule has 10 rings (SSSR count). The van der Waals surface area contributed by atoms with E-state index in [-0.39, 0.29) is 5.41 Å². The molecule has 0 bridgehead atoms. The summed E-state index contributed by atoms with van der Waals surface area (Å²) in [5.74, 6) is 0.703. The zero-order valence-corrected chi connectivity index (χ0v) is 29.0. The van der Waals surface area contributed by atoms with Crippen LogP contribution in [0.25, 0.3) is 89.2 Å². The van der Waals surface area contributed by atoms with E-state index in [1.165, 1.54) is 22.3 Å². The number of furan rings is 1. The van der Waals surface area contributed by atoms with Crippen molar-refractivity contribution in [3.63, 3.8) is 0 Å². The van der Waals surface area contributed by atoms with Crippen molar-refractivity contribution in [2.75, 3.05) is 0 Å². The predicted octanol–water partition coefficient (Wildman–Crippen LogP) is 13.0. The maximum Gasteiger partial charge on any atom is 0.160 e. The van der Waals surface area contributed by atoms with Crippen LogP contribution in [0.3, 0.4) is 0 Å². The molecule has 0 fully saturated rings. The summed E-state index contributed by atoms with van der Waals surface area (Å²) in [7, 11) is 0. The van der Waals surface area contributed by atoms with E-state index in [1.54, 1.807) is 0 Å². The predicted molar refractivity (Wildman–Crippen MR) is 214 cm³/mol. The molecule has 0 spiro atoms. The molecule has 3 heteroatoms. The van der Waals surface area contributed by atoms with Gasteiger partial charge in [0, 0.05) is 32.9 Å². The quantitative estimate of drug-likeness (QED) is 0.183. The van der Waals surface area contributed by atoms with Crippen molar-refractivity contribution in [2.45, 2.75) is 19.3 Å². The lowest BCUT2D eigenvalue weighted by Gasteiger charge is -2.24. The summed E-state index contributed by atoms with van der Waals surface area (Å²) in [4.78, 5) is 10.6. The van der Waals surface area contributed by atoms with E-state index >= 15 is 0 Å². The number of hydrogen-bond acceptors (Lipinski definition) is 3. The monoisotopic (exact) mass is 666 g/mol. The molecule has 3 nitrogen and oxygen atoms in total. The number of nitrogens with zero attached hydrogens (tertiary/aromatic N) is 2. The molecule has 1 aliphatic rings. The Balaban J connectivity index is 1.20. The van der Waals surface area contributed by atoms with Gasteiger partial charge in [-0.2, -0.15) is 0 Å². The molecular weight excluding hydrogens is 633 g/mol. The van der Waals surface area contributed by atoms with Crippen LogP contribution in [-0.4, -0.2) is 9.97 Å². The maximum absolute atomic E-state index is 6.33. The van der Waals surface area contributed by atoms with Gasteiger partial charge < -0.3 is 4.42 Å². The van der Waals surface area contributed by atoms with Crippen LogP contribution in [0.5, 0.6) is 0 Å². The molecule has 0 saturated heterocycles. The number of fused-ring (bicyclic) bond motifs is 6. The van der Waals surface area contributed by atoms with Gasteiger partial charge in [-0.05, 0) is 87.0 Å². The molecule has 0 saturated carbocycles. The largest absolute Gasteiger partial charge is 0.456 e. The van der Waals surface area contributed by atoms with Crippen LogP contribution in [-0.2, 0) is 5.41 Å². The third kappa shape index (κ3) is 4.89. The lowest BCUT2D eigenvalue weighted by Crippen LogP contribution is -2.16. The molecule has 7 aromatic carbocycles. The molecule has 0 N–H and O–H groups in total. The number of hydrogen-bond donors (Lipinski definition) is 0. The molecule has 2 aromatic heterocycles. The van der Waals surface area contributed by atoms with E-state index in [0.29, 0.717) is 5.82 Å². The van der Waals surface area contributed by atoms with Gasteiger partial charge in [-0.25, -0.2) is 9.97 Å². The topological polar surface area (TPSA) is 38.9 Å². The van der Waals surface area contributed by atoms with E-state index in [2.05, 4.69) is 153 Å². The molecule has 0 amide bonds. The Morgan fingerprint density at radius 2 is 1.02 bits per heavy atom. The van der Waals surface area contributed by atoms with Crippen molar-refractivity contribution < 1.29 is 4.42 Å². The third-order valence-corrected chi connectivity index (χ3v) is 10.7. The van der Waals surface area contributed by atoms with Gasteiger partial charge in [-0.1, -0.05) is 141 Å². The van der Waals surface area contributed by atoms with Gasteiger partial charge >= 0.3 is 0 Å². The van der Waals surface area contributed by atoms with E-state index in [1.807, 2.05) is 30.3 Å². The minimum Gasteiger partial charge on any atom is -0.456 e. The molecular formula is C49H34N2O. The molecule has 2 heterocycles. The summed E-state index contributed by atoms with van der Waals surface area (Å²) in [5, 5.41) is 2.25. The number of aromatic nitrogens is 2. The fraction of sp³-hybridized carbons (Fsp3) is 0.0612. The van der Waals surface area contributed by atoms with Crippen LogP contribution in [0.1, 0.15) is 25.0 Å². The number of rotatable bonds is 5. The van der Waals surface area contributed by atoms with E-state index < -0.39 is 0 Å². The minimum absolute atomic E-state index is 0.184. The highest BCUT2D eigenvalue weighted by atomic mass is 16.3. The highest BCUT2D eigenvalue weighted by Crippen LogP contribution is 2.52. The van der Waals surface area contributed by atoms with Gasteiger partial charge in [0.25, 0.3) is 0 Å². The molecule has 9 aromatic rings. The van der Waals surface area contributed by atoms with Crippen LogP contribution >= 0.6 is 0 Å². The van der Waals surface area contributed by atoms with Crippen molar-refractivity contribution in [2.24, 2.45) is 0 Å². The lowest BCUT2D eigenvalue weighted by atomic mass is 9.79. The van der Waals surface area contributed by atoms with E-state index in [4.69, 9.17) is 14.4 Å². The van der Waals surface area contributed by atoms with Crippen LogP contribution in [0.2, 0.25) is 0 Å². The summed E-state index contributed by atoms with van der Waals surface area (Å²) >= 11 is 0. The molecule has 246 valence electrons. The molecule has 1 aliphatic carbocycles. The van der Waals surface area contributed by atoms with E-state index in [9.17, 15) is 0 Å². The van der Waals surface area contributed by atoms with Crippen molar-refractivity contribution in [1.82, 2.24) is 9.97 Å². The van der Waals surface area contributed by atoms with Gasteiger partial charge in [0.2, 0.25) is 0 Å². The summed E-state index contributed by atoms with van der Waals surface area (Å²) in [6, 6.07) is 60.0. The minimum atomic E-state index is -0.184. The highest BCUT2D eigenvalue weighted by molar-refractivity contribution is 6.06. The fourth-order valence-corrected chi connectivity index (χ4v) is 8.16. The first-order valence-electron chi connectivity index (χ1n) is 17.8. The Morgan fingerprint density at radius 3 is 1.85 bits per heavy atom. The molecule has 0 radical (unpaired) electrons.